The van der Waals surface area contributed by atoms with Crippen LogP contribution in [0.15, 0.2) is 23.7 Å². The van der Waals surface area contributed by atoms with Crippen molar-refractivity contribution >= 4 is 0 Å². The summed E-state index contributed by atoms with van der Waals surface area (Å²) < 4.78 is 175. The highest BCUT2D eigenvalue weighted by Gasteiger charge is 2.53. The molecule has 3 nitrogen and oxygen atoms in total. The number of rotatable bonds is 6. The van der Waals surface area contributed by atoms with E-state index < -0.39 is 48.6 Å². The summed E-state index contributed by atoms with van der Waals surface area (Å²) in [6.07, 6.45) is -25.0. The molecular formula is C8F14O3. The van der Waals surface area contributed by atoms with Gasteiger partial charge < -0.3 is 4.74 Å². The molecule has 0 unspecified atom stereocenters. The first-order valence-corrected chi connectivity index (χ1v) is 4.87. The zero-order valence-corrected chi connectivity index (χ0v) is 10.5. The Bertz CT molecular complexity index is 493. The molecule has 0 saturated carbocycles. The highest BCUT2D eigenvalue weighted by Crippen LogP contribution is 2.39. The Kier molecular flexibility index (Phi) is 6.71. The van der Waals surface area contributed by atoms with Crippen molar-refractivity contribution in [3.63, 3.8) is 0 Å². The van der Waals surface area contributed by atoms with Crippen LogP contribution in [-0.4, -0.2) is 24.9 Å². The molecule has 0 aliphatic carbocycles. The van der Waals surface area contributed by atoms with E-state index in [0.29, 0.717) is 0 Å². The SMILES string of the molecule is FC(OC(F)=C(F)C(F)(F)OC(F)(F)F)=C(F)C(F)(F)OC(F)(F)F. The average molecular weight is 410 g/mol. The molecule has 0 heterocycles. The van der Waals surface area contributed by atoms with Gasteiger partial charge in [-0.15, -0.1) is 26.3 Å². The van der Waals surface area contributed by atoms with Gasteiger partial charge in [0.25, 0.3) is 11.7 Å². The number of hydrogen-bond donors (Lipinski definition) is 0. The first-order valence-electron chi connectivity index (χ1n) is 4.87. The maximum atomic E-state index is 12.6. The summed E-state index contributed by atoms with van der Waals surface area (Å²) in [5.41, 5.74) is 0. The second kappa shape index (κ2) is 7.22. The van der Waals surface area contributed by atoms with Gasteiger partial charge in [-0.05, 0) is 0 Å². The Labute approximate surface area is 126 Å². The number of ether oxygens (including phenoxy) is 3. The van der Waals surface area contributed by atoms with Gasteiger partial charge >= 0.3 is 37.0 Å². The number of alkyl halides is 10. The van der Waals surface area contributed by atoms with Crippen LogP contribution < -0.4 is 0 Å². The Morgan fingerprint density at radius 1 is 0.480 bits per heavy atom. The predicted octanol–water partition coefficient (Wildman–Crippen LogP) is 5.48. The number of halogens is 14. The molecular weight excluding hydrogens is 410 g/mol. The smallest absolute Gasteiger partial charge is 0.400 e. The fraction of sp³-hybridized carbons (Fsp3) is 0.500. The van der Waals surface area contributed by atoms with Gasteiger partial charge in [-0.1, -0.05) is 0 Å². The minimum atomic E-state index is -6.28. The third-order valence-corrected chi connectivity index (χ3v) is 1.52. The third-order valence-electron chi connectivity index (χ3n) is 1.52. The fourth-order valence-electron chi connectivity index (χ4n) is 0.777. The minimum absolute atomic E-state index is 1.74. The molecule has 0 aliphatic heterocycles. The lowest BCUT2D eigenvalue weighted by atomic mass is 10.5. The van der Waals surface area contributed by atoms with Crippen molar-refractivity contribution < 1.29 is 75.7 Å². The topological polar surface area (TPSA) is 27.7 Å². The van der Waals surface area contributed by atoms with Crippen LogP contribution in [0.25, 0.3) is 0 Å². The Balaban J connectivity index is 5.53. The van der Waals surface area contributed by atoms with Gasteiger partial charge in [-0.25, -0.2) is 9.47 Å². The first kappa shape index (κ1) is 23.2. The van der Waals surface area contributed by atoms with Crippen LogP contribution in [0.3, 0.4) is 0 Å². The monoisotopic (exact) mass is 410 g/mol. The van der Waals surface area contributed by atoms with Crippen LogP contribution in [0.5, 0.6) is 0 Å². The average Bonchev–Trinajstić information content (AvgIpc) is 2.30. The molecule has 0 aromatic rings. The molecule has 0 bridgehead atoms. The largest absolute Gasteiger partial charge is 0.527 e. The van der Waals surface area contributed by atoms with E-state index in [1.54, 1.807) is 9.47 Å². The van der Waals surface area contributed by atoms with E-state index in [-0.39, 0.29) is 0 Å². The first-order chi connectivity index (χ1) is 10.8. The summed E-state index contributed by atoms with van der Waals surface area (Å²) in [4.78, 5) is 0. The van der Waals surface area contributed by atoms with E-state index in [1.807, 2.05) is 0 Å². The molecule has 0 spiro atoms. The Morgan fingerprint density at radius 2 is 0.720 bits per heavy atom. The van der Waals surface area contributed by atoms with Crippen LogP contribution in [0.4, 0.5) is 61.5 Å². The van der Waals surface area contributed by atoms with Crippen molar-refractivity contribution in [3.05, 3.63) is 23.7 Å². The molecule has 148 valence electrons. The summed E-state index contributed by atoms with van der Waals surface area (Å²) in [5.74, 6) is -8.01. The van der Waals surface area contributed by atoms with E-state index in [4.69, 9.17) is 0 Å². The molecule has 0 rings (SSSR count). The lowest BCUT2D eigenvalue weighted by Crippen LogP contribution is -2.31. The molecule has 0 atom stereocenters. The molecule has 0 aromatic heterocycles. The standard InChI is InChI=1S/C8F14O3/c9-1(5(13,14)24-7(17,18)19)3(11)23-4(12)2(10)6(15,16)25-8(20,21)22. The summed E-state index contributed by atoms with van der Waals surface area (Å²) >= 11 is 0. The van der Waals surface area contributed by atoms with Crippen LogP contribution in [-0.2, 0) is 14.2 Å². The van der Waals surface area contributed by atoms with Gasteiger partial charge in [0.05, 0.1) is 0 Å². The van der Waals surface area contributed by atoms with Crippen LogP contribution in [0, 0.1) is 0 Å². The van der Waals surface area contributed by atoms with E-state index in [1.165, 1.54) is 0 Å². The Morgan fingerprint density at radius 3 is 0.920 bits per heavy atom. The van der Waals surface area contributed by atoms with Crippen LogP contribution in [0.2, 0.25) is 0 Å². The molecule has 0 N–H and O–H groups in total. The van der Waals surface area contributed by atoms with E-state index in [0.717, 1.165) is 0 Å². The van der Waals surface area contributed by atoms with Gasteiger partial charge in [0.1, 0.15) is 0 Å². The summed E-state index contributed by atoms with van der Waals surface area (Å²) in [7, 11) is 0. The van der Waals surface area contributed by atoms with E-state index >= 15 is 0 Å². The van der Waals surface area contributed by atoms with Gasteiger partial charge in [0, 0.05) is 0 Å². The van der Waals surface area contributed by atoms with Gasteiger partial charge in [0.2, 0.25) is 0 Å². The quantitative estimate of drug-likeness (QED) is 0.429. The highest BCUT2D eigenvalue weighted by molar-refractivity contribution is 5.07. The molecule has 0 amide bonds. The van der Waals surface area contributed by atoms with Crippen molar-refractivity contribution in [2.45, 2.75) is 24.9 Å². The van der Waals surface area contributed by atoms with Gasteiger partial charge in [0.15, 0.2) is 0 Å². The summed E-state index contributed by atoms with van der Waals surface area (Å²) in [6, 6.07) is -7.55. The lowest BCUT2D eigenvalue weighted by Gasteiger charge is -2.17. The van der Waals surface area contributed by atoms with Gasteiger partial charge in [-0.3, -0.25) is 0 Å². The summed E-state index contributed by atoms with van der Waals surface area (Å²) in [5, 5.41) is 0. The predicted molar refractivity (Wildman–Crippen MR) is 43.7 cm³/mol. The molecule has 0 radical (unpaired) electrons. The number of hydrogen-bond acceptors (Lipinski definition) is 3. The zero-order valence-electron chi connectivity index (χ0n) is 10.5. The minimum Gasteiger partial charge on any atom is -0.400 e. The van der Waals surface area contributed by atoms with Crippen LogP contribution >= 0.6 is 0 Å². The molecule has 0 fully saturated rings. The van der Waals surface area contributed by atoms with Crippen LogP contribution in [0.1, 0.15) is 0 Å². The normalized spacial score (nSPS) is 16.4. The molecule has 0 aromatic carbocycles. The third kappa shape index (κ3) is 7.76. The Hall–Kier alpha value is -1.78. The molecule has 0 saturated heterocycles. The summed E-state index contributed by atoms with van der Waals surface area (Å²) in [6.45, 7) is 0. The second-order valence-electron chi connectivity index (χ2n) is 3.41. The highest BCUT2D eigenvalue weighted by atomic mass is 19.4. The maximum Gasteiger partial charge on any atom is 0.527 e. The zero-order chi connectivity index (χ0) is 20.4. The maximum absolute atomic E-state index is 12.6. The fourth-order valence-corrected chi connectivity index (χ4v) is 0.777. The molecule has 17 heteroatoms. The van der Waals surface area contributed by atoms with Crippen molar-refractivity contribution in [2.24, 2.45) is 0 Å². The van der Waals surface area contributed by atoms with Crippen molar-refractivity contribution in [3.8, 4) is 0 Å². The molecule has 0 aliphatic rings. The van der Waals surface area contributed by atoms with E-state index in [2.05, 4.69) is 4.74 Å². The second-order valence-corrected chi connectivity index (χ2v) is 3.41. The van der Waals surface area contributed by atoms with Crippen molar-refractivity contribution in [2.75, 3.05) is 0 Å². The van der Waals surface area contributed by atoms with Crippen molar-refractivity contribution in [1.29, 1.82) is 0 Å². The van der Waals surface area contributed by atoms with Gasteiger partial charge in [-0.2, -0.15) is 35.1 Å². The molecule has 25 heavy (non-hydrogen) atoms. The lowest BCUT2D eigenvalue weighted by molar-refractivity contribution is -0.417. The van der Waals surface area contributed by atoms with Crippen molar-refractivity contribution in [1.82, 2.24) is 0 Å². The van der Waals surface area contributed by atoms with E-state index in [9.17, 15) is 61.5 Å².